The smallest absolute Gasteiger partial charge is 0.156 e. The lowest BCUT2D eigenvalue weighted by Crippen LogP contribution is -1.90. The first kappa shape index (κ1) is 8.85. The fraction of sp³-hybridized carbons (Fsp3) is 0.667. The minimum atomic E-state index is -1.67. The Bertz CT molecular complexity index is 118. The van der Waals surface area contributed by atoms with E-state index < -0.39 is 11.1 Å². The third-order valence-corrected chi connectivity index (χ3v) is 1.24. The zero-order valence-electron chi connectivity index (χ0n) is 5.70. The highest BCUT2D eigenvalue weighted by molar-refractivity contribution is 7.79. The minimum absolute atomic E-state index is 0.248. The molecule has 0 aromatic rings. The van der Waals surface area contributed by atoms with Crippen LogP contribution in [0.2, 0.25) is 0 Å². The van der Waals surface area contributed by atoms with Gasteiger partial charge in [0.1, 0.15) is 0 Å². The summed E-state index contributed by atoms with van der Waals surface area (Å²) in [6.07, 6.45) is 3.63. The van der Waals surface area contributed by atoms with Crippen LogP contribution in [0.3, 0.4) is 0 Å². The molecule has 1 N–H and O–H groups in total. The van der Waals surface area contributed by atoms with Gasteiger partial charge in [-0.15, -0.1) is 0 Å². The molecule has 0 bridgehead atoms. The first-order chi connectivity index (χ1) is 4.13. The molecule has 0 rings (SSSR count). The van der Waals surface area contributed by atoms with Gasteiger partial charge in [-0.2, -0.15) is 0 Å². The SMILES string of the molecule is CC(C)C=CCS(=O)O. The molecule has 0 saturated heterocycles. The monoisotopic (exact) mass is 148 g/mol. The molecule has 2 nitrogen and oxygen atoms in total. The average molecular weight is 148 g/mol. The Morgan fingerprint density at radius 1 is 1.67 bits per heavy atom. The second-order valence-electron chi connectivity index (χ2n) is 2.16. The van der Waals surface area contributed by atoms with Gasteiger partial charge in [-0.05, 0) is 5.92 Å². The molecule has 3 heteroatoms. The molecular formula is C6H12O2S. The van der Waals surface area contributed by atoms with E-state index in [1.165, 1.54) is 0 Å². The van der Waals surface area contributed by atoms with Gasteiger partial charge in [0.2, 0.25) is 0 Å². The van der Waals surface area contributed by atoms with Gasteiger partial charge in [-0.3, -0.25) is 0 Å². The highest BCUT2D eigenvalue weighted by atomic mass is 32.2. The van der Waals surface area contributed by atoms with Gasteiger partial charge in [0.15, 0.2) is 11.1 Å². The fourth-order valence-electron chi connectivity index (χ4n) is 0.410. The second kappa shape index (κ2) is 4.70. The van der Waals surface area contributed by atoms with Gasteiger partial charge in [-0.25, -0.2) is 4.21 Å². The van der Waals surface area contributed by atoms with Crippen molar-refractivity contribution in [1.82, 2.24) is 0 Å². The van der Waals surface area contributed by atoms with E-state index in [4.69, 9.17) is 4.55 Å². The fourth-order valence-corrected chi connectivity index (χ4v) is 0.686. The molecule has 0 aromatic heterocycles. The van der Waals surface area contributed by atoms with Crippen molar-refractivity contribution in [3.8, 4) is 0 Å². The van der Waals surface area contributed by atoms with Gasteiger partial charge in [0.05, 0.1) is 5.75 Å². The number of hydrogen-bond donors (Lipinski definition) is 1. The molecule has 0 aromatic carbocycles. The van der Waals surface area contributed by atoms with E-state index >= 15 is 0 Å². The topological polar surface area (TPSA) is 37.3 Å². The lowest BCUT2D eigenvalue weighted by Gasteiger charge is -1.90. The summed E-state index contributed by atoms with van der Waals surface area (Å²) in [6, 6.07) is 0. The van der Waals surface area contributed by atoms with Crippen LogP contribution < -0.4 is 0 Å². The molecule has 1 unspecified atom stereocenters. The molecule has 0 fully saturated rings. The van der Waals surface area contributed by atoms with Gasteiger partial charge in [0.25, 0.3) is 0 Å². The third-order valence-electron chi connectivity index (χ3n) is 0.760. The molecule has 9 heavy (non-hydrogen) atoms. The van der Waals surface area contributed by atoms with E-state index in [0.717, 1.165) is 0 Å². The van der Waals surface area contributed by atoms with Gasteiger partial charge in [0, 0.05) is 0 Å². The molecule has 0 amide bonds. The van der Waals surface area contributed by atoms with E-state index in [1.54, 1.807) is 6.08 Å². The van der Waals surface area contributed by atoms with Crippen molar-refractivity contribution < 1.29 is 8.76 Å². The summed E-state index contributed by atoms with van der Waals surface area (Å²) in [7, 11) is 0. The lowest BCUT2D eigenvalue weighted by atomic mass is 10.2. The number of hydrogen-bond acceptors (Lipinski definition) is 1. The summed E-state index contributed by atoms with van der Waals surface area (Å²) in [4.78, 5) is 0. The van der Waals surface area contributed by atoms with Crippen LogP contribution in [0.5, 0.6) is 0 Å². The van der Waals surface area contributed by atoms with E-state index in [-0.39, 0.29) is 5.75 Å². The van der Waals surface area contributed by atoms with Crippen molar-refractivity contribution in [2.75, 3.05) is 5.75 Å². The summed E-state index contributed by atoms with van der Waals surface area (Å²) < 4.78 is 18.3. The van der Waals surface area contributed by atoms with Crippen LogP contribution in [0, 0.1) is 5.92 Å². The first-order valence-electron chi connectivity index (χ1n) is 2.87. The lowest BCUT2D eigenvalue weighted by molar-refractivity contribution is 0.567. The van der Waals surface area contributed by atoms with Crippen molar-refractivity contribution in [1.29, 1.82) is 0 Å². The molecule has 0 spiro atoms. The molecular weight excluding hydrogens is 136 g/mol. The van der Waals surface area contributed by atoms with E-state index in [2.05, 4.69) is 0 Å². The summed E-state index contributed by atoms with van der Waals surface area (Å²) in [5, 5.41) is 0. The largest absolute Gasteiger partial charge is 0.306 e. The van der Waals surface area contributed by atoms with Crippen molar-refractivity contribution in [2.45, 2.75) is 13.8 Å². The second-order valence-corrected chi connectivity index (χ2v) is 3.14. The van der Waals surface area contributed by atoms with E-state index in [1.807, 2.05) is 19.9 Å². The van der Waals surface area contributed by atoms with E-state index in [0.29, 0.717) is 5.92 Å². The molecule has 0 saturated carbocycles. The summed E-state index contributed by atoms with van der Waals surface area (Å²) >= 11 is -1.67. The zero-order chi connectivity index (χ0) is 7.28. The highest BCUT2D eigenvalue weighted by Gasteiger charge is 1.86. The van der Waals surface area contributed by atoms with E-state index in [9.17, 15) is 4.21 Å². The van der Waals surface area contributed by atoms with Gasteiger partial charge >= 0.3 is 0 Å². The molecule has 0 radical (unpaired) electrons. The quantitative estimate of drug-likeness (QED) is 0.485. The van der Waals surface area contributed by atoms with Crippen molar-refractivity contribution in [3.63, 3.8) is 0 Å². The third kappa shape index (κ3) is 7.85. The van der Waals surface area contributed by atoms with Gasteiger partial charge < -0.3 is 4.55 Å². The minimum Gasteiger partial charge on any atom is -0.306 e. The molecule has 0 aliphatic carbocycles. The Hall–Kier alpha value is -0.150. The average Bonchev–Trinajstić information content (AvgIpc) is 1.63. The van der Waals surface area contributed by atoms with Crippen LogP contribution >= 0.6 is 0 Å². The molecule has 0 aliphatic rings. The van der Waals surface area contributed by atoms with Crippen molar-refractivity contribution in [3.05, 3.63) is 12.2 Å². The predicted molar refractivity (Wildman–Crippen MR) is 39.6 cm³/mol. The Morgan fingerprint density at radius 3 is 2.56 bits per heavy atom. The Balaban J connectivity index is 3.36. The Kier molecular flexibility index (Phi) is 4.62. The van der Waals surface area contributed by atoms with Gasteiger partial charge in [-0.1, -0.05) is 26.0 Å². The molecule has 54 valence electrons. The summed E-state index contributed by atoms with van der Waals surface area (Å²) in [5.41, 5.74) is 0. The van der Waals surface area contributed by atoms with Crippen LogP contribution in [-0.2, 0) is 11.1 Å². The molecule has 0 heterocycles. The summed E-state index contributed by atoms with van der Waals surface area (Å²) in [6.45, 7) is 4.05. The standard InChI is InChI=1S/C6H12O2S/c1-6(2)4-3-5-9(7)8/h3-4,6H,5H2,1-2H3,(H,7,8). The van der Waals surface area contributed by atoms with Crippen molar-refractivity contribution in [2.24, 2.45) is 5.92 Å². The first-order valence-corrected chi connectivity index (χ1v) is 4.14. The normalized spacial score (nSPS) is 15.1. The Labute approximate surface area is 58.3 Å². The maximum Gasteiger partial charge on any atom is 0.156 e. The number of allylic oxidation sites excluding steroid dienone is 1. The van der Waals surface area contributed by atoms with Crippen LogP contribution in [0.15, 0.2) is 12.2 Å². The molecule has 1 atom stereocenters. The maximum absolute atomic E-state index is 10.0. The zero-order valence-corrected chi connectivity index (χ0v) is 6.52. The molecule has 0 aliphatic heterocycles. The van der Waals surface area contributed by atoms with Crippen LogP contribution in [0.4, 0.5) is 0 Å². The maximum atomic E-state index is 10.0. The Morgan fingerprint density at radius 2 is 2.22 bits per heavy atom. The van der Waals surface area contributed by atoms with Crippen LogP contribution in [-0.4, -0.2) is 14.5 Å². The van der Waals surface area contributed by atoms with Crippen molar-refractivity contribution >= 4 is 11.1 Å². The highest BCUT2D eigenvalue weighted by Crippen LogP contribution is 1.92. The predicted octanol–water partition coefficient (Wildman–Crippen LogP) is 1.42. The van der Waals surface area contributed by atoms with Crippen LogP contribution in [0.25, 0.3) is 0 Å². The van der Waals surface area contributed by atoms with Crippen LogP contribution in [0.1, 0.15) is 13.8 Å². The number of rotatable bonds is 3. The summed E-state index contributed by atoms with van der Waals surface area (Å²) in [5.74, 6) is 0.714.